The van der Waals surface area contributed by atoms with Crippen LogP contribution < -0.4 is 4.74 Å². The standard InChI is InChI=1S/C10H12N2O2/c1-14-10-4-2-3-8-7-11-9(5-6-13)12(8)10/h2-4,7,13H,5-6H2,1H3. The summed E-state index contributed by atoms with van der Waals surface area (Å²) in [5, 5.41) is 8.87. The molecule has 0 atom stereocenters. The number of hydrogen-bond acceptors (Lipinski definition) is 3. The van der Waals surface area contributed by atoms with Crippen LogP contribution in [0.15, 0.2) is 24.4 Å². The van der Waals surface area contributed by atoms with Gasteiger partial charge in [0.05, 0.1) is 25.4 Å². The van der Waals surface area contributed by atoms with Crippen LogP contribution >= 0.6 is 0 Å². The number of rotatable bonds is 3. The summed E-state index contributed by atoms with van der Waals surface area (Å²) in [6.07, 6.45) is 2.31. The number of imidazole rings is 1. The number of hydrogen-bond donors (Lipinski definition) is 1. The van der Waals surface area contributed by atoms with Crippen molar-refractivity contribution in [2.75, 3.05) is 13.7 Å². The Morgan fingerprint density at radius 2 is 2.36 bits per heavy atom. The smallest absolute Gasteiger partial charge is 0.199 e. The number of pyridine rings is 1. The van der Waals surface area contributed by atoms with E-state index in [4.69, 9.17) is 9.84 Å². The highest BCUT2D eigenvalue weighted by Gasteiger charge is 2.06. The number of nitrogens with zero attached hydrogens (tertiary/aromatic N) is 2. The van der Waals surface area contributed by atoms with E-state index in [0.29, 0.717) is 6.42 Å². The maximum absolute atomic E-state index is 8.87. The highest BCUT2D eigenvalue weighted by Crippen LogP contribution is 2.16. The fourth-order valence-corrected chi connectivity index (χ4v) is 1.52. The Kier molecular flexibility index (Phi) is 2.37. The summed E-state index contributed by atoms with van der Waals surface area (Å²) >= 11 is 0. The molecule has 2 rings (SSSR count). The Morgan fingerprint density at radius 3 is 3.07 bits per heavy atom. The molecule has 0 aliphatic heterocycles. The zero-order valence-corrected chi connectivity index (χ0v) is 7.97. The average molecular weight is 192 g/mol. The summed E-state index contributed by atoms with van der Waals surface area (Å²) in [4.78, 5) is 4.22. The van der Waals surface area contributed by atoms with E-state index >= 15 is 0 Å². The van der Waals surface area contributed by atoms with Gasteiger partial charge in [0.15, 0.2) is 5.88 Å². The van der Waals surface area contributed by atoms with Gasteiger partial charge >= 0.3 is 0 Å². The number of aliphatic hydroxyl groups is 1. The zero-order valence-electron chi connectivity index (χ0n) is 7.97. The van der Waals surface area contributed by atoms with Gasteiger partial charge < -0.3 is 9.84 Å². The molecule has 0 aliphatic carbocycles. The Hall–Kier alpha value is -1.55. The van der Waals surface area contributed by atoms with Crippen LogP contribution in [0.5, 0.6) is 5.88 Å². The molecule has 0 aromatic carbocycles. The van der Waals surface area contributed by atoms with Gasteiger partial charge in [-0.3, -0.25) is 4.40 Å². The Bertz CT molecular complexity index is 437. The second-order valence-electron chi connectivity index (χ2n) is 2.98. The van der Waals surface area contributed by atoms with E-state index in [1.807, 2.05) is 22.6 Å². The van der Waals surface area contributed by atoms with Crippen molar-refractivity contribution >= 4 is 5.52 Å². The van der Waals surface area contributed by atoms with Gasteiger partial charge in [-0.15, -0.1) is 0 Å². The van der Waals surface area contributed by atoms with E-state index in [9.17, 15) is 0 Å². The van der Waals surface area contributed by atoms with Crippen LogP contribution in [0.1, 0.15) is 5.82 Å². The molecule has 74 valence electrons. The Morgan fingerprint density at radius 1 is 1.50 bits per heavy atom. The first-order valence-corrected chi connectivity index (χ1v) is 4.47. The second kappa shape index (κ2) is 3.67. The molecule has 14 heavy (non-hydrogen) atoms. The monoisotopic (exact) mass is 192 g/mol. The third-order valence-electron chi connectivity index (χ3n) is 2.13. The number of aromatic nitrogens is 2. The molecule has 0 unspecified atom stereocenters. The van der Waals surface area contributed by atoms with Gasteiger partial charge in [0.1, 0.15) is 5.82 Å². The molecule has 2 aromatic heterocycles. The molecule has 0 fully saturated rings. The van der Waals surface area contributed by atoms with Crippen LogP contribution in [-0.4, -0.2) is 28.2 Å². The van der Waals surface area contributed by atoms with E-state index in [-0.39, 0.29) is 6.61 Å². The summed E-state index contributed by atoms with van der Waals surface area (Å²) in [5.74, 6) is 1.56. The van der Waals surface area contributed by atoms with Gasteiger partial charge in [0, 0.05) is 6.42 Å². The fraction of sp³-hybridized carbons (Fsp3) is 0.300. The normalized spacial score (nSPS) is 10.7. The summed E-state index contributed by atoms with van der Waals surface area (Å²) in [6, 6.07) is 5.74. The van der Waals surface area contributed by atoms with Gasteiger partial charge in [-0.1, -0.05) is 6.07 Å². The number of ether oxygens (including phenoxy) is 1. The minimum Gasteiger partial charge on any atom is -0.482 e. The fourth-order valence-electron chi connectivity index (χ4n) is 1.52. The lowest BCUT2D eigenvalue weighted by Crippen LogP contribution is -2.01. The molecule has 4 nitrogen and oxygen atoms in total. The average Bonchev–Trinajstić information content (AvgIpc) is 2.62. The van der Waals surface area contributed by atoms with E-state index in [1.54, 1.807) is 13.3 Å². The summed E-state index contributed by atoms with van der Waals surface area (Å²) in [5.41, 5.74) is 0.979. The van der Waals surface area contributed by atoms with Crippen molar-refractivity contribution in [1.82, 2.24) is 9.38 Å². The second-order valence-corrected chi connectivity index (χ2v) is 2.98. The maximum atomic E-state index is 8.87. The predicted molar refractivity (Wildman–Crippen MR) is 52.5 cm³/mol. The van der Waals surface area contributed by atoms with Crippen molar-refractivity contribution in [3.63, 3.8) is 0 Å². The zero-order chi connectivity index (χ0) is 9.97. The third-order valence-corrected chi connectivity index (χ3v) is 2.13. The van der Waals surface area contributed by atoms with Crippen molar-refractivity contribution < 1.29 is 9.84 Å². The van der Waals surface area contributed by atoms with Crippen molar-refractivity contribution in [2.24, 2.45) is 0 Å². The third kappa shape index (κ3) is 1.33. The summed E-state index contributed by atoms with van der Waals surface area (Å²) in [7, 11) is 1.62. The molecule has 0 amide bonds. The molecule has 0 bridgehead atoms. The van der Waals surface area contributed by atoms with Gasteiger partial charge in [-0.2, -0.15) is 0 Å². The van der Waals surface area contributed by atoms with Crippen LogP contribution in [0.3, 0.4) is 0 Å². The molecular weight excluding hydrogens is 180 g/mol. The van der Waals surface area contributed by atoms with Crippen LogP contribution in [0.4, 0.5) is 0 Å². The minimum absolute atomic E-state index is 0.0944. The first-order chi connectivity index (χ1) is 6.86. The molecule has 0 radical (unpaired) electrons. The lowest BCUT2D eigenvalue weighted by molar-refractivity contribution is 0.295. The van der Waals surface area contributed by atoms with Crippen molar-refractivity contribution in [1.29, 1.82) is 0 Å². The van der Waals surface area contributed by atoms with Gasteiger partial charge in [-0.05, 0) is 12.1 Å². The molecule has 1 N–H and O–H groups in total. The SMILES string of the molecule is COc1cccc2cnc(CCO)n12. The van der Waals surface area contributed by atoms with Gasteiger partial charge in [0.2, 0.25) is 0 Å². The van der Waals surface area contributed by atoms with E-state index < -0.39 is 0 Å². The molecule has 0 spiro atoms. The first-order valence-electron chi connectivity index (χ1n) is 4.47. The predicted octanol–water partition coefficient (Wildman–Crippen LogP) is 0.878. The van der Waals surface area contributed by atoms with Crippen molar-refractivity contribution in [3.05, 3.63) is 30.2 Å². The van der Waals surface area contributed by atoms with E-state index in [1.165, 1.54) is 0 Å². The minimum atomic E-state index is 0.0944. The maximum Gasteiger partial charge on any atom is 0.199 e. The molecular formula is C10H12N2O2. The van der Waals surface area contributed by atoms with E-state index in [0.717, 1.165) is 17.2 Å². The van der Waals surface area contributed by atoms with Crippen molar-refractivity contribution in [2.45, 2.75) is 6.42 Å². The highest BCUT2D eigenvalue weighted by molar-refractivity contribution is 5.49. The molecule has 0 aliphatic rings. The number of aliphatic hydroxyl groups excluding tert-OH is 1. The van der Waals surface area contributed by atoms with Gasteiger partial charge in [-0.25, -0.2) is 4.98 Å². The van der Waals surface area contributed by atoms with Crippen molar-refractivity contribution in [3.8, 4) is 5.88 Å². The lowest BCUT2D eigenvalue weighted by Gasteiger charge is -2.05. The molecule has 4 heteroatoms. The molecule has 0 saturated heterocycles. The highest BCUT2D eigenvalue weighted by atomic mass is 16.5. The Labute approximate surface area is 81.8 Å². The Balaban J connectivity index is 2.62. The number of methoxy groups -OCH3 is 1. The quantitative estimate of drug-likeness (QED) is 0.785. The van der Waals surface area contributed by atoms with Crippen LogP contribution in [0, 0.1) is 0 Å². The van der Waals surface area contributed by atoms with E-state index in [2.05, 4.69) is 4.98 Å². The topological polar surface area (TPSA) is 46.8 Å². The largest absolute Gasteiger partial charge is 0.482 e. The number of fused-ring (bicyclic) bond motifs is 1. The summed E-state index contributed by atoms with van der Waals surface area (Å²) in [6.45, 7) is 0.0944. The molecule has 2 heterocycles. The molecule has 0 saturated carbocycles. The molecule has 2 aromatic rings. The van der Waals surface area contributed by atoms with Crippen LogP contribution in [0.2, 0.25) is 0 Å². The lowest BCUT2D eigenvalue weighted by atomic mass is 10.4. The summed E-state index contributed by atoms with van der Waals surface area (Å²) < 4.78 is 7.11. The van der Waals surface area contributed by atoms with Gasteiger partial charge in [0.25, 0.3) is 0 Å². The first kappa shape index (κ1) is 9.02. The van der Waals surface area contributed by atoms with Crippen LogP contribution in [0.25, 0.3) is 5.52 Å². The van der Waals surface area contributed by atoms with Crippen LogP contribution in [-0.2, 0) is 6.42 Å².